The minimum Gasteiger partial charge on any atom is -0.480 e. The van der Waals surface area contributed by atoms with Crippen molar-refractivity contribution in [2.24, 2.45) is 11.8 Å². The fourth-order valence-electron chi connectivity index (χ4n) is 2.94. The molecule has 0 radical (unpaired) electrons. The molecule has 2 N–H and O–H groups in total. The Morgan fingerprint density at radius 2 is 1.78 bits per heavy atom. The third kappa shape index (κ3) is 4.32. The highest BCUT2D eigenvalue weighted by molar-refractivity contribution is 5.86. The molecule has 0 aliphatic heterocycles. The predicted octanol–water partition coefficient (Wildman–Crippen LogP) is 1.99. The third-order valence-electron chi connectivity index (χ3n) is 5.08. The van der Waals surface area contributed by atoms with Gasteiger partial charge in [-0.25, -0.2) is 4.79 Å². The summed E-state index contributed by atoms with van der Waals surface area (Å²) in [5, 5.41) is 20.4. The minimum absolute atomic E-state index is 0.232. The van der Waals surface area contributed by atoms with Gasteiger partial charge in [0.05, 0.1) is 5.39 Å². The van der Waals surface area contributed by atoms with Crippen LogP contribution >= 0.6 is 0 Å². The van der Waals surface area contributed by atoms with Gasteiger partial charge in [0.15, 0.2) is 0 Å². The lowest BCUT2D eigenvalue weighted by atomic mass is 9.95. The first-order valence-corrected chi connectivity index (χ1v) is 9.19. The fourth-order valence-corrected chi connectivity index (χ4v) is 2.94. The van der Waals surface area contributed by atoms with Gasteiger partial charge < -0.3 is 10.4 Å². The summed E-state index contributed by atoms with van der Waals surface area (Å²) in [6.07, 6.45) is 1.21. The van der Waals surface area contributed by atoms with E-state index >= 15 is 0 Å². The second kappa shape index (κ2) is 8.75. The number of carboxylic acid groups (broad SMARTS) is 1. The van der Waals surface area contributed by atoms with E-state index in [1.54, 1.807) is 31.2 Å². The van der Waals surface area contributed by atoms with Crippen molar-refractivity contribution in [2.45, 2.75) is 52.6 Å². The van der Waals surface area contributed by atoms with Crippen molar-refractivity contribution in [3.8, 4) is 0 Å². The van der Waals surface area contributed by atoms with Crippen LogP contribution in [-0.4, -0.2) is 38.0 Å². The molecule has 0 saturated carbocycles. The van der Waals surface area contributed by atoms with Gasteiger partial charge in [-0.15, -0.1) is 5.10 Å². The SMILES string of the molecule is CC[C@@H](C)[C@H](NC(=O)[C@H]([C@@H](C)CC)n1nnc2ccccc2c1=O)C(=O)O. The van der Waals surface area contributed by atoms with Gasteiger partial charge >= 0.3 is 5.97 Å². The quantitative estimate of drug-likeness (QED) is 0.730. The Balaban J connectivity index is 2.47. The molecule has 146 valence electrons. The summed E-state index contributed by atoms with van der Waals surface area (Å²) in [6.45, 7) is 7.35. The van der Waals surface area contributed by atoms with Gasteiger partial charge in [0, 0.05) is 0 Å². The molecule has 0 aliphatic carbocycles. The van der Waals surface area contributed by atoms with Gasteiger partial charge in [-0.1, -0.05) is 57.9 Å². The number of carbonyl (C=O) groups excluding carboxylic acids is 1. The number of rotatable bonds is 8. The molecule has 0 bridgehead atoms. The lowest BCUT2D eigenvalue weighted by molar-refractivity contribution is -0.144. The smallest absolute Gasteiger partial charge is 0.326 e. The van der Waals surface area contributed by atoms with Crippen LogP contribution in [0.1, 0.15) is 46.6 Å². The topological polar surface area (TPSA) is 114 Å². The van der Waals surface area contributed by atoms with Crippen LogP contribution in [0.25, 0.3) is 10.9 Å². The highest BCUT2D eigenvalue weighted by Gasteiger charge is 2.33. The molecule has 1 heterocycles. The van der Waals surface area contributed by atoms with E-state index < -0.39 is 29.5 Å². The standard InChI is InChI=1S/C19H26N4O4/c1-5-11(3)15(19(26)27)20-17(24)16(12(4)6-2)23-18(25)13-9-7-8-10-14(13)21-22-23/h7-12,15-16H,5-6H2,1-4H3,(H,20,24)(H,26,27)/t11-,12+,15+,16+/m1/s1. The molecule has 0 saturated heterocycles. The van der Waals surface area contributed by atoms with E-state index in [2.05, 4.69) is 15.6 Å². The Labute approximate surface area is 157 Å². The van der Waals surface area contributed by atoms with Crippen molar-refractivity contribution in [1.29, 1.82) is 0 Å². The second-order valence-corrected chi connectivity index (χ2v) is 6.90. The number of benzene rings is 1. The minimum atomic E-state index is -1.10. The molecule has 0 fully saturated rings. The predicted molar refractivity (Wildman–Crippen MR) is 101 cm³/mol. The summed E-state index contributed by atoms with van der Waals surface area (Å²) in [6, 6.07) is 4.81. The molecule has 4 atom stereocenters. The first-order valence-electron chi connectivity index (χ1n) is 9.19. The van der Waals surface area contributed by atoms with Crippen molar-refractivity contribution < 1.29 is 14.7 Å². The number of amides is 1. The summed E-state index contributed by atoms with van der Waals surface area (Å²) in [4.78, 5) is 37.4. The third-order valence-corrected chi connectivity index (χ3v) is 5.08. The molecule has 1 amide bonds. The van der Waals surface area contributed by atoms with Crippen LogP contribution in [0.15, 0.2) is 29.1 Å². The van der Waals surface area contributed by atoms with E-state index in [9.17, 15) is 19.5 Å². The van der Waals surface area contributed by atoms with Crippen molar-refractivity contribution in [1.82, 2.24) is 20.3 Å². The molecule has 2 aromatic rings. The Morgan fingerprint density at radius 1 is 1.15 bits per heavy atom. The first-order chi connectivity index (χ1) is 12.8. The zero-order valence-electron chi connectivity index (χ0n) is 16.0. The zero-order valence-corrected chi connectivity index (χ0v) is 16.0. The van der Waals surface area contributed by atoms with Gasteiger partial charge in [-0.2, -0.15) is 4.68 Å². The molecule has 8 heteroatoms. The normalized spacial score (nSPS) is 15.7. The number of aliphatic carboxylic acids is 1. The van der Waals surface area contributed by atoms with Crippen LogP contribution in [0.4, 0.5) is 0 Å². The maximum absolute atomic E-state index is 13.0. The van der Waals surface area contributed by atoms with Gasteiger partial charge in [0.25, 0.3) is 5.56 Å². The van der Waals surface area contributed by atoms with E-state index in [0.29, 0.717) is 23.7 Å². The fraction of sp³-hybridized carbons (Fsp3) is 0.526. The summed E-state index contributed by atoms with van der Waals surface area (Å²) in [7, 11) is 0. The van der Waals surface area contributed by atoms with Gasteiger partial charge in [0.1, 0.15) is 17.6 Å². The van der Waals surface area contributed by atoms with Crippen molar-refractivity contribution in [2.75, 3.05) is 0 Å². The highest BCUT2D eigenvalue weighted by Crippen LogP contribution is 2.21. The molecule has 2 rings (SSSR count). The second-order valence-electron chi connectivity index (χ2n) is 6.90. The monoisotopic (exact) mass is 374 g/mol. The number of carbonyl (C=O) groups is 2. The Hall–Kier alpha value is -2.77. The number of hydrogen-bond acceptors (Lipinski definition) is 5. The average Bonchev–Trinajstić information content (AvgIpc) is 2.67. The highest BCUT2D eigenvalue weighted by atomic mass is 16.4. The summed E-state index contributed by atoms with van der Waals surface area (Å²) >= 11 is 0. The summed E-state index contributed by atoms with van der Waals surface area (Å²) < 4.78 is 1.07. The largest absolute Gasteiger partial charge is 0.480 e. The van der Waals surface area contributed by atoms with Gasteiger partial charge in [0.2, 0.25) is 5.91 Å². The summed E-state index contributed by atoms with van der Waals surface area (Å²) in [5.74, 6) is -2.12. The zero-order chi connectivity index (χ0) is 20.1. The van der Waals surface area contributed by atoms with Crippen LogP contribution in [0, 0.1) is 11.8 Å². The average molecular weight is 374 g/mol. The van der Waals surface area contributed by atoms with Crippen molar-refractivity contribution >= 4 is 22.8 Å². The van der Waals surface area contributed by atoms with Crippen LogP contribution in [-0.2, 0) is 9.59 Å². The molecule has 0 spiro atoms. The molecule has 0 aliphatic rings. The van der Waals surface area contributed by atoms with E-state index in [1.165, 1.54) is 0 Å². The van der Waals surface area contributed by atoms with E-state index in [4.69, 9.17) is 0 Å². The molecule has 27 heavy (non-hydrogen) atoms. The molecule has 1 aromatic carbocycles. The van der Waals surface area contributed by atoms with E-state index in [0.717, 1.165) is 4.68 Å². The number of carboxylic acids is 1. The van der Waals surface area contributed by atoms with Gasteiger partial charge in [-0.05, 0) is 24.0 Å². The Bertz CT molecular complexity index is 879. The van der Waals surface area contributed by atoms with E-state index in [-0.39, 0.29) is 11.8 Å². The molecule has 0 unspecified atom stereocenters. The number of aromatic nitrogens is 3. The molecular formula is C19H26N4O4. The molecular weight excluding hydrogens is 348 g/mol. The van der Waals surface area contributed by atoms with Crippen LogP contribution < -0.4 is 10.9 Å². The van der Waals surface area contributed by atoms with Crippen molar-refractivity contribution in [3.63, 3.8) is 0 Å². The maximum atomic E-state index is 13.0. The molecule has 1 aromatic heterocycles. The summed E-state index contributed by atoms with van der Waals surface area (Å²) in [5.41, 5.74) is 0.0292. The van der Waals surface area contributed by atoms with Crippen molar-refractivity contribution in [3.05, 3.63) is 34.6 Å². The first kappa shape index (κ1) is 20.5. The maximum Gasteiger partial charge on any atom is 0.326 e. The lowest BCUT2D eigenvalue weighted by Crippen LogP contribution is -2.50. The number of fused-ring (bicyclic) bond motifs is 1. The van der Waals surface area contributed by atoms with Gasteiger partial charge in [-0.3, -0.25) is 9.59 Å². The number of hydrogen-bond donors (Lipinski definition) is 2. The van der Waals surface area contributed by atoms with E-state index in [1.807, 2.05) is 20.8 Å². The van der Waals surface area contributed by atoms with Crippen LogP contribution in [0.5, 0.6) is 0 Å². The number of nitrogens with one attached hydrogen (secondary N) is 1. The molecule has 8 nitrogen and oxygen atoms in total. The number of nitrogens with zero attached hydrogens (tertiary/aromatic N) is 3. The van der Waals surface area contributed by atoms with Crippen LogP contribution in [0.2, 0.25) is 0 Å². The van der Waals surface area contributed by atoms with Crippen LogP contribution in [0.3, 0.4) is 0 Å². The Kier molecular flexibility index (Phi) is 6.65. The lowest BCUT2D eigenvalue weighted by Gasteiger charge is -2.26. The Morgan fingerprint density at radius 3 is 2.37 bits per heavy atom.